The van der Waals surface area contributed by atoms with Gasteiger partial charge in [-0.15, -0.1) is 0 Å². The number of hydrogen-bond acceptors (Lipinski definition) is 5. The number of carbonyl (C=O) groups is 1. The first kappa shape index (κ1) is 22.5. The number of aryl methyl sites for hydroxylation is 1. The van der Waals surface area contributed by atoms with Gasteiger partial charge < -0.3 is 15.5 Å². The van der Waals surface area contributed by atoms with E-state index >= 15 is 4.39 Å². The lowest BCUT2D eigenvalue weighted by molar-refractivity contribution is -0.679. The van der Waals surface area contributed by atoms with Gasteiger partial charge in [0.2, 0.25) is 11.8 Å². The van der Waals surface area contributed by atoms with Gasteiger partial charge in [-0.25, -0.2) is 15.0 Å². The molecule has 1 aliphatic carbocycles. The molecule has 0 spiro atoms. The van der Waals surface area contributed by atoms with E-state index in [4.69, 9.17) is 21.5 Å². The number of imidazole rings is 1. The summed E-state index contributed by atoms with van der Waals surface area (Å²) in [4.78, 5) is 21.1. The minimum atomic E-state index is -1.06. The van der Waals surface area contributed by atoms with Crippen LogP contribution in [0.1, 0.15) is 28.8 Å². The van der Waals surface area contributed by atoms with Gasteiger partial charge >= 0.3 is 0 Å². The van der Waals surface area contributed by atoms with E-state index in [1.165, 1.54) is 17.0 Å². The molecule has 5 N–H and O–H groups in total. The van der Waals surface area contributed by atoms with E-state index in [1.807, 2.05) is 6.92 Å². The van der Waals surface area contributed by atoms with Crippen LogP contribution in [0.5, 0.6) is 0 Å². The highest BCUT2D eigenvalue weighted by Gasteiger charge is 2.27. The molecular weight excluding hydrogens is 439 g/mol. The molecule has 8 nitrogen and oxygen atoms in total. The molecule has 32 heavy (non-hydrogen) atoms. The first-order valence-corrected chi connectivity index (χ1v) is 10.7. The number of benzene rings is 2. The number of aliphatic hydroxyl groups excluding tert-OH is 2. The van der Waals surface area contributed by atoms with Crippen LogP contribution in [0.2, 0.25) is 5.02 Å². The Hall–Kier alpha value is -2.72. The first-order valence-electron chi connectivity index (χ1n) is 10.3. The summed E-state index contributed by atoms with van der Waals surface area (Å²) in [6.07, 6.45) is 2.56. The van der Waals surface area contributed by atoms with E-state index in [0.29, 0.717) is 28.8 Å². The van der Waals surface area contributed by atoms with Crippen LogP contribution in [-0.4, -0.2) is 40.4 Å². The average Bonchev–Trinajstić information content (AvgIpc) is 3.50. The van der Waals surface area contributed by atoms with Crippen molar-refractivity contribution in [3.05, 3.63) is 52.6 Å². The van der Waals surface area contributed by atoms with Gasteiger partial charge in [-0.2, -0.15) is 4.39 Å². The van der Waals surface area contributed by atoms with E-state index < -0.39 is 24.4 Å². The number of carbonyl (C=O) groups excluding carboxylic acids is 1. The van der Waals surface area contributed by atoms with E-state index in [1.54, 1.807) is 18.2 Å². The van der Waals surface area contributed by atoms with Gasteiger partial charge in [-0.05, 0) is 49.4 Å². The van der Waals surface area contributed by atoms with E-state index in [9.17, 15) is 9.90 Å². The fourth-order valence-corrected chi connectivity index (χ4v) is 3.67. The van der Waals surface area contributed by atoms with Crippen LogP contribution in [-0.2, 0) is 11.4 Å². The lowest BCUT2D eigenvalue weighted by atomic mass is 10.1. The molecule has 1 heterocycles. The zero-order chi connectivity index (χ0) is 22.8. The highest BCUT2D eigenvalue weighted by molar-refractivity contribution is 6.30. The number of nitrogens with one attached hydrogen (secondary N) is 3. The molecule has 1 amide bonds. The molecule has 1 atom stereocenters. The highest BCUT2D eigenvalue weighted by Crippen LogP contribution is 2.32. The molecule has 3 aromatic rings. The fraction of sp³-hybridized carbons (Fsp3) is 0.364. The number of aromatic amines is 1. The topological polar surface area (TPSA) is 110 Å². The molecule has 1 aromatic heterocycles. The van der Waals surface area contributed by atoms with Crippen LogP contribution >= 0.6 is 11.6 Å². The van der Waals surface area contributed by atoms with E-state index in [-0.39, 0.29) is 23.3 Å². The third kappa shape index (κ3) is 4.86. The van der Waals surface area contributed by atoms with Gasteiger partial charge in [0.05, 0.1) is 24.5 Å². The lowest BCUT2D eigenvalue weighted by Gasteiger charge is -2.15. The van der Waals surface area contributed by atoms with Crippen LogP contribution in [0.4, 0.5) is 15.8 Å². The van der Waals surface area contributed by atoms with Crippen LogP contribution in [0.3, 0.4) is 0 Å². The monoisotopic (exact) mass is 463 g/mol. The number of H-pyrrole nitrogens is 1. The Kier molecular flexibility index (Phi) is 6.61. The zero-order valence-corrected chi connectivity index (χ0v) is 18.2. The second-order valence-corrected chi connectivity index (χ2v) is 8.48. The number of aliphatic hydroxyl groups is 2. The molecular formula is C22H25ClFN4O4+. The number of amides is 1. The molecule has 170 valence electrons. The summed E-state index contributed by atoms with van der Waals surface area (Å²) in [5, 5.41) is 22.5. The Balaban J connectivity index is 1.75. The number of aromatic nitrogens is 2. The number of anilines is 2. The summed E-state index contributed by atoms with van der Waals surface area (Å²) < 4.78 is 17.3. The van der Waals surface area contributed by atoms with Gasteiger partial charge in [0.15, 0.2) is 11.3 Å². The largest absolute Gasteiger partial charge is 0.394 e. The molecule has 0 saturated heterocycles. The van der Waals surface area contributed by atoms with Crippen molar-refractivity contribution < 1.29 is 28.8 Å². The van der Waals surface area contributed by atoms with Gasteiger partial charge in [0, 0.05) is 16.8 Å². The molecule has 1 aliphatic rings. The maximum absolute atomic E-state index is 15.8. The maximum Gasteiger partial charge on any atom is 0.277 e. The summed E-state index contributed by atoms with van der Waals surface area (Å²) in [5.74, 6) is -0.822. The lowest BCUT2D eigenvalue weighted by Crippen LogP contribution is -2.40. The molecule has 1 fully saturated rings. The normalized spacial score (nSPS) is 14.5. The molecule has 0 bridgehead atoms. The summed E-state index contributed by atoms with van der Waals surface area (Å²) in [6.45, 7) is 1.74. The number of rotatable bonds is 9. The summed E-state index contributed by atoms with van der Waals surface area (Å²) in [5.41, 5.74) is 4.28. The minimum absolute atomic E-state index is 0.0249. The Morgan fingerprint density at radius 3 is 2.88 bits per heavy atom. The van der Waals surface area contributed by atoms with Gasteiger partial charge in [0.1, 0.15) is 12.6 Å². The summed E-state index contributed by atoms with van der Waals surface area (Å²) >= 11 is 6.03. The number of fused-ring (bicyclic) bond motifs is 1. The van der Waals surface area contributed by atoms with Crippen LogP contribution in [0.25, 0.3) is 11.0 Å². The van der Waals surface area contributed by atoms with Crippen LogP contribution < -0.4 is 15.4 Å². The molecule has 2 aromatic carbocycles. The van der Waals surface area contributed by atoms with Crippen molar-refractivity contribution in [1.82, 2.24) is 10.5 Å². The van der Waals surface area contributed by atoms with Crippen molar-refractivity contribution in [3.63, 3.8) is 0 Å². The third-order valence-electron chi connectivity index (χ3n) is 5.40. The first-order chi connectivity index (χ1) is 15.4. The van der Waals surface area contributed by atoms with Crippen molar-refractivity contribution in [2.75, 3.05) is 18.5 Å². The quantitative estimate of drug-likeness (QED) is 0.247. The predicted molar refractivity (Wildman–Crippen MR) is 117 cm³/mol. The summed E-state index contributed by atoms with van der Waals surface area (Å²) in [6, 6.07) is 6.61. The Labute approximate surface area is 188 Å². The Morgan fingerprint density at radius 1 is 1.41 bits per heavy atom. The van der Waals surface area contributed by atoms with E-state index in [2.05, 4.69) is 15.8 Å². The van der Waals surface area contributed by atoms with Crippen molar-refractivity contribution in [2.24, 2.45) is 5.92 Å². The highest BCUT2D eigenvalue weighted by atomic mass is 35.5. The predicted octanol–water partition coefficient (Wildman–Crippen LogP) is 2.72. The van der Waals surface area contributed by atoms with Gasteiger partial charge in [-0.1, -0.05) is 11.6 Å². The molecule has 10 heteroatoms. The van der Waals surface area contributed by atoms with Crippen molar-refractivity contribution in [3.8, 4) is 0 Å². The minimum Gasteiger partial charge on any atom is -0.394 e. The van der Waals surface area contributed by atoms with Crippen LogP contribution in [0, 0.1) is 18.7 Å². The number of hydrogen-bond donors (Lipinski definition) is 5. The Bertz CT molecular complexity index is 1150. The Morgan fingerprint density at radius 2 is 2.19 bits per heavy atom. The standard InChI is InChI=1S/C22H24ClFN4O4/c1-12-6-14(23)4-5-17(12)26-20-16(22(31)27-32-10-13-2-3-13)7-18-21(19(20)24)28(11-25-18)8-15(30)9-29/h4-7,11,13,15,29-30H,2-3,8-10H2,1H3,(H2,26,27,31)/p+1. The van der Waals surface area contributed by atoms with Crippen molar-refractivity contribution >= 4 is 39.9 Å². The molecule has 1 saturated carbocycles. The average molecular weight is 464 g/mol. The SMILES string of the molecule is Cc1cc(Cl)ccc1Nc1c(C(=O)NOCC2CC2)cc2[nH]c[n+](CC(O)CO)c2c1F. The number of hydroxylamine groups is 1. The van der Waals surface area contributed by atoms with E-state index in [0.717, 1.165) is 18.4 Å². The van der Waals surface area contributed by atoms with Gasteiger partial charge in [-0.3, -0.25) is 9.63 Å². The number of nitrogens with zero attached hydrogens (tertiary/aromatic N) is 1. The second kappa shape index (κ2) is 9.41. The molecule has 4 rings (SSSR count). The molecule has 0 radical (unpaired) electrons. The van der Waals surface area contributed by atoms with Crippen molar-refractivity contribution in [2.45, 2.75) is 32.4 Å². The summed E-state index contributed by atoms with van der Waals surface area (Å²) in [7, 11) is 0. The number of halogens is 2. The van der Waals surface area contributed by atoms with Gasteiger partial charge in [0.25, 0.3) is 5.91 Å². The van der Waals surface area contributed by atoms with Crippen LogP contribution in [0.15, 0.2) is 30.6 Å². The zero-order valence-electron chi connectivity index (χ0n) is 17.5. The maximum atomic E-state index is 15.8. The third-order valence-corrected chi connectivity index (χ3v) is 5.63. The molecule has 1 unspecified atom stereocenters. The van der Waals surface area contributed by atoms with Crippen molar-refractivity contribution in [1.29, 1.82) is 0 Å². The second-order valence-electron chi connectivity index (χ2n) is 8.04. The smallest absolute Gasteiger partial charge is 0.277 e. The fourth-order valence-electron chi connectivity index (χ4n) is 3.44. The molecule has 0 aliphatic heterocycles.